The minimum absolute atomic E-state index is 0.0707. The molecule has 1 aromatic carbocycles. The van der Waals surface area contributed by atoms with Crippen LogP contribution in [0.2, 0.25) is 0 Å². The molecule has 5 heteroatoms. The van der Waals surface area contributed by atoms with E-state index in [1.165, 1.54) is 4.90 Å². The van der Waals surface area contributed by atoms with Crippen molar-refractivity contribution in [3.8, 4) is 0 Å². The fraction of sp³-hybridized carbons (Fsp3) is 0.467. The molecule has 0 saturated heterocycles. The van der Waals surface area contributed by atoms with Gasteiger partial charge in [-0.15, -0.1) is 0 Å². The number of aliphatic carboxylic acids is 1. The van der Waals surface area contributed by atoms with Gasteiger partial charge < -0.3 is 14.7 Å². The van der Waals surface area contributed by atoms with Gasteiger partial charge in [-0.05, 0) is 25.3 Å². The lowest BCUT2D eigenvalue weighted by Crippen LogP contribution is -2.43. The fourth-order valence-corrected chi connectivity index (χ4v) is 2.02. The van der Waals surface area contributed by atoms with Gasteiger partial charge in [0.2, 0.25) is 0 Å². The Morgan fingerprint density at radius 2 is 2.00 bits per heavy atom. The van der Waals surface area contributed by atoms with Gasteiger partial charge in [0, 0.05) is 6.04 Å². The van der Waals surface area contributed by atoms with Crippen LogP contribution in [0.5, 0.6) is 0 Å². The Balaban J connectivity index is 1.88. The van der Waals surface area contributed by atoms with Crippen LogP contribution in [-0.2, 0) is 20.9 Å². The summed E-state index contributed by atoms with van der Waals surface area (Å²) in [4.78, 5) is 24.4. The lowest BCUT2D eigenvalue weighted by Gasteiger charge is -2.24. The molecule has 108 valence electrons. The Morgan fingerprint density at radius 1 is 1.35 bits per heavy atom. The van der Waals surface area contributed by atoms with Gasteiger partial charge in [-0.3, -0.25) is 9.59 Å². The second kappa shape index (κ2) is 6.52. The average molecular weight is 277 g/mol. The maximum atomic E-state index is 12.2. The molecule has 5 nitrogen and oxygen atoms in total. The highest BCUT2D eigenvalue weighted by molar-refractivity contribution is 5.85. The molecule has 1 aromatic rings. The van der Waals surface area contributed by atoms with E-state index in [9.17, 15) is 9.59 Å². The summed E-state index contributed by atoms with van der Waals surface area (Å²) in [6, 6.07) is 9.65. The summed E-state index contributed by atoms with van der Waals surface area (Å²) in [5.41, 5.74) is 0.989. The molecular formula is C15H19NO4. The normalized spacial score (nSPS) is 15.7. The van der Waals surface area contributed by atoms with E-state index in [-0.39, 0.29) is 18.5 Å². The number of amides is 1. The Hall–Kier alpha value is -1.88. The molecule has 0 aromatic heterocycles. The summed E-state index contributed by atoms with van der Waals surface area (Å²) in [7, 11) is 0. The van der Waals surface area contributed by atoms with Crippen molar-refractivity contribution in [3.63, 3.8) is 0 Å². The van der Waals surface area contributed by atoms with Crippen molar-refractivity contribution in [2.75, 3.05) is 6.54 Å². The highest BCUT2D eigenvalue weighted by atomic mass is 16.5. The highest BCUT2D eigenvalue weighted by Gasteiger charge is 2.35. The van der Waals surface area contributed by atoms with Gasteiger partial charge in [0.15, 0.2) is 0 Å². The Morgan fingerprint density at radius 3 is 2.55 bits per heavy atom. The number of rotatable bonds is 7. The van der Waals surface area contributed by atoms with Crippen molar-refractivity contribution < 1.29 is 19.4 Å². The van der Waals surface area contributed by atoms with Crippen LogP contribution >= 0.6 is 0 Å². The van der Waals surface area contributed by atoms with Crippen molar-refractivity contribution in [2.24, 2.45) is 0 Å². The van der Waals surface area contributed by atoms with Gasteiger partial charge in [0.25, 0.3) is 5.91 Å². The lowest BCUT2D eigenvalue weighted by molar-refractivity contribution is -0.151. The Kier molecular flexibility index (Phi) is 4.74. The molecule has 1 aliphatic carbocycles. The molecule has 1 amide bonds. The lowest BCUT2D eigenvalue weighted by atomic mass is 10.2. The van der Waals surface area contributed by atoms with E-state index in [0.29, 0.717) is 6.61 Å². The quantitative estimate of drug-likeness (QED) is 0.823. The van der Waals surface area contributed by atoms with E-state index in [1.54, 1.807) is 6.92 Å². The number of nitrogens with zero attached hydrogens (tertiary/aromatic N) is 1. The minimum Gasteiger partial charge on any atom is -0.480 e. The second-order valence-electron chi connectivity index (χ2n) is 5.03. The molecular weight excluding hydrogens is 258 g/mol. The van der Waals surface area contributed by atoms with Crippen molar-refractivity contribution in [3.05, 3.63) is 35.9 Å². The Bertz CT molecular complexity index is 470. The van der Waals surface area contributed by atoms with Crippen molar-refractivity contribution in [1.82, 2.24) is 4.90 Å². The van der Waals surface area contributed by atoms with Gasteiger partial charge in [-0.1, -0.05) is 30.3 Å². The van der Waals surface area contributed by atoms with E-state index in [1.807, 2.05) is 30.3 Å². The topological polar surface area (TPSA) is 66.8 Å². The summed E-state index contributed by atoms with van der Waals surface area (Å²) in [6.45, 7) is 1.77. The number of carboxylic acid groups (broad SMARTS) is 1. The van der Waals surface area contributed by atoms with E-state index >= 15 is 0 Å². The zero-order chi connectivity index (χ0) is 14.5. The van der Waals surface area contributed by atoms with Crippen molar-refractivity contribution in [2.45, 2.75) is 38.5 Å². The highest BCUT2D eigenvalue weighted by Crippen LogP contribution is 2.27. The van der Waals surface area contributed by atoms with Crippen LogP contribution in [0, 0.1) is 0 Å². The van der Waals surface area contributed by atoms with Crippen LogP contribution in [-0.4, -0.2) is 40.6 Å². The number of benzene rings is 1. The van der Waals surface area contributed by atoms with Gasteiger partial charge in [0.1, 0.15) is 12.6 Å². The van der Waals surface area contributed by atoms with Crippen LogP contribution in [0.3, 0.4) is 0 Å². The Labute approximate surface area is 118 Å². The van der Waals surface area contributed by atoms with Gasteiger partial charge in [0.05, 0.1) is 6.61 Å². The van der Waals surface area contributed by atoms with Gasteiger partial charge in [-0.25, -0.2) is 0 Å². The standard InChI is InChI=1S/C15H19NO4/c1-11(20-10-12-5-3-2-4-6-12)15(19)16(9-14(17)18)13-7-8-13/h2-6,11,13H,7-10H2,1H3,(H,17,18). The molecule has 1 fully saturated rings. The number of ether oxygens (including phenoxy) is 1. The molecule has 0 heterocycles. The fourth-order valence-electron chi connectivity index (χ4n) is 2.02. The third-order valence-electron chi connectivity index (χ3n) is 3.27. The molecule has 0 bridgehead atoms. The SMILES string of the molecule is CC(OCc1ccccc1)C(=O)N(CC(=O)O)C1CC1. The molecule has 0 spiro atoms. The zero-order valence-electron chi connectivity index (χ0n) is 11.5. The third-order valence-corrected chi connectivity index (χ3v) is 3.27. The summed E-state index contributed by atoms with van der Waals surface area (Å²) < 4.78 is 5.55. The van der Waals surface area contributed by atoms with Crippen molar-refractivity contribution >= 4 is 11.9 Å². The molecule has 20 heavy (non-hydrogen) atoms. The van der Waals surface area contributed by atoms with Gasteiger partial charge >= 0.3 is 5.97 Å². The average Bonchev–Trinajstić information content (AvgIpc) is 3.27. The smallest absolute Gasteiger partial charge is 0.323 e. The van der Waals surface area contributed by atoms with Crippen LogP contribution in [0.25, 0.3) is 0 Å². The molecule has 1 atom stereocenters. The molecule has 0 radical (unpaired) electrons. The van der Waals surface area contributed by atoms with E-state index in [0.717, 1.165) is 18.4 Å². The maximum Gasteiger partial charge on any atom is 0.323 e. The summed E-state index contributed by atoms with van der Waals surface area (Å²) in [6.07, 6.45) is 1.13. The van der Waals surface area contributed by atoms with Crippen LogP contribution in [0.15, 0.2) is 30.3 Å². The number of carbonyl (C=O) groups excluding carboxylic acids is 1. The van der Waals surface area contributed by atoms with E-state index in [2.05, 4.69) is 0 Å². The molecule has 1 saturated carbocycles. The molecule has 2 rings (SSSR count). The van der Waals surface area contributed by atoms with Crippen LogP contribution < -0.4 is 0 Å². The third kappa shape index (κ3) is 4.06. The van der Waals surface area contributed by atoms with Crippen LogP contribution in [0.1, 0.15) is 25.3 Å². The largest absolute Gasteiger partial charge is 0.480 e. The summed E-state index contributed by atoms with van der Waals surface area (Å²) in [5.74, 6) is -1.23. The number of carbonyl (C=O) groups is 2. The predicted molar refractivity (Wildman–Crippen MR) is 73.1 cm³/mol. The van der Waals surface area contributed by atoms with E-state index < -0.39 is 12.1 Å². The van der Waals surface area contributed by atoms with Crippen molar-refractivity contribution in [1.29, 1.82) is 0 Å². The minimum atomic E-state index is -0.986. The molecule has 1 unspecified atom stereocenters. The molecule has 1 aliphatic rings. The van der Waals surface area contributed by atoms with E-state index in [4.69, 9.17) is 9.84 Å². The molecule has 1 N–H and O–H groups in total. The molecule has 0 aliphatic heterocycles. The summed E-state index contributed by atoms with van der Waals surface area (Å²) in [5, 5.41) is 8.86. The number of hydrogen-bond donors (Lipinski definition) is 1. The van der Waals surface area contributed by atoms with Crippen LogP contribution in [0.4, 0.5) is 0 Å². The van der Waals surface area contributed by atoms with Gasteiger partial charge in [-0.2, -0.15) is 0 Å². The summed E-state index contributed by atoms with van der Waals surface area (Å²) >= 11 is 0. The monoisotopic (exact) mass is 277 g/mol. The number of hydrogen-bond acceptors (Lipinski definition) is 3. The predicted octanol–water partition coefficient (Wildman–Crippen LogP) is 1.67. The second-order valence-corrected chi connectivity index (χ2v) is 5.03. The first-order valence-electron chi connectivity index (χ1n) is 6.75. The first kappa shape index (κ1) is 14.5. The zero-order valence-corrected chi connectivity index (χ0v) is 11.5. The first-order valence-corrected chi connectivity index (χ1v) is 6.75. The number of carboxylic acids is 1. The maximum absolute atomic E-state index is 12.2. The first-order chi connectivity index (χ1) is 9.58.